The molecule has 1 saturated heterocycles. The van der Waals surface area contributed by atoms with Crippen LogP contribution in [-0.2, 0) is 20.9 Å². The van der Waals surface area contributed by atoms with Crippen LogP contribution in [0.2, 0.25) is 0 Å². The number of carbonyl (C=O) groups excluding carboxylic acids is 1. The highest BCUT2D eigenvalue weighted by atomic mass is 16.6. The number of aliphatic carboxylic acids is 2. The van der Waals surface area contributed by atoms with E-state index >= 15 is 0 Å². The Morgan fingerprint density at radius 2 is 1.78 bits per heavy atom. The van der Waals surface area contributed by atoms with Crippen LogP contribution in [0.1, 0.15) is 12.6 Å². The Morgan fingerprint density at radius 1 is 1.11 bits per heavy atom. The number of carbonyl (C=O) groups is 3. The summed E-state index contributed by atoms with van der Waals surface area (Å²) < 4.78 is 7.06. The van der Waals surface area contributed by atoms with Crippen LogP contribution in [0.3, 0.4) is 0 Å². The van der Waals surface area contributed by atoms with Gasteiger partial charge in [0.15, 0.2) is 0 Å². The van der Waals surface area contributed by atoms with Crippen molar-refractivity contribution < 1.29 is 29.3 Å². The number of carboxylic acid groups (broad SMARTS) is 2. The fourth-order valence-corrected chi connectivity index (χ4v) is 2.60. The summed E-state index contributed by atoms with van der Waals surface area (Å²) in [5.41, 5.74) is 2.03. The first-order valence-corrected chi connectivity index (χ1v) is 8.43. The Morgan fingerprint density at radius 3 is 2.33 bits per heavy atom. The van der Waals surface area contributed by atoms with Gasteiger partial charge in [-0.2, -0.15) is 0 Å². The van der Waals surface area contributed by atoms with Crippen LogP contribution in [0.5, 0.6) is 0 Å². The van der Waals surface area contributed by atoms with E-state index in [1.807, 2.05) is 35.7 Å². The molecule has 10 nitrogen and oxygen atoms in total. The molecule has 0 spiro atoms. The largest absolute Gasteiger partial charge is 0.473 e. The van der Waals surface area contributed by atoms with Gasteiger partial charge in [0.25, 0.3) is 0 Å². The highest BCUT2D eigenvalue weighted by Crippen LogP contribution is 2.10. The van der Waals surface area contributed by atoms with E-state index in [4.69, 9.17) is 24.5 Å². The molecule has 0 unspecified atom stereocenters. The summed E-state index contributed by atoms with van der Waals surface area (Å²) >= 11 is 0. The van der Waals surface area contributed by atoms with Gasteiger partial charge in [0.05, 0.1) is 12.3 Å². The van der Waals surface area contributed by atoms with Crippen LogP contribution in [0.15, 0.2) is 30.6 Å². The van der Waals surface area contributed by atoms with Crippen LogP contribution < -0.4 is 0 Å². The minimum Gasteiger partial charge on any atom is -0.473 e. The first-order valence-electron chi connectivity index (χ1n) is 8.43. The summed E-state index contributed by atoms with van der Waals surface area (Å²) in [4.78, 5) is 38.5. The SMILES string of the molecule is CCOC(=O)N1CCN(Cc2cn3ccccc3n2)CC1.O=C(O)C(=O)O. The summed E-state index contributed by atoms with van der Waals surface area (Å²) in [7, 11) is 0. The van der Waals surface area contributed by atoms with Gasteiger partial charge in [-0.25, -0.2) is 19.4 Å². The third-order valence-electron chi connectivity index (χ3n) is 3.88. The van der Waals surface area contributed by atoms with E-state index in [9.17, 15) is 4.79 Å². The molecule has 0 aromatic carbocycles. The van der Waals surface area contributed by atoms with Gasteiger partial charge in [-0.3, -0.25) is 4.90 Å². The third kappa shape index (κ3) is 5.96. The summed E-state index contributed by atoms with van der Waals surface area (Å²) in [5.74, 6) is -3.65. The lowest BCUT2D eigenvalue weighted by molar-refractivity contribution is -0.159. The van der Waals surface area contributed by atoms with Gasteiger partial charge in [0, 0.05) is 45.1 Å². The Kier molecular flexibility index (Phi) is 7.12. The number of amides is 1. The van der Waals surface area contributed by atoms with Crippen molar-refractivity contribution in [1.29, 1.82) is 0 Å². The van der Waals surface area contributed by atoms with Crippen molar-refractivity contribution in [2.75, 3.05) is 32.8 Å². The van der Waals surface area contributed by atoms with Gasteiger partial charge in [-0.05, 0) is 19.1 Å². The lowest BCUT2D eigenvalue weighted by atomic mass is 10.3. The zero-order valence-corrected chi connectivity index (χ0v) is 14.9. The number of hydrogen-bond acceptors (Lipinski definition) is 6. The Bertz CT molecular complexity index is 753. The summed E-state index contributed by atoms with van der Waals surface area (Å²) in [6, 6.07) is 5.99. The standard InChI is InChI=1S/C15H20N4O2.C2H2O4/c1-2-21-15(20)18-9-7-17(8-10-18)11-13-12-19-6-4-3-5-14(19)16-13;3-1(4)2(5)6/h3-6,12H,2,7-11H2,1H3;(H,3,4)(H,5,6). The predicted molar refractivity (Wildman–Crippen MR) is 94.3 cm³/mol. The van der Waals surface area contributed by atoms with Crippen LogP contribution in [0.4, 0.5) is 4.79 Å². The molecule has 0 radical (unpaired) electrons. The quantitative estimate of drug-likeness (QED) is 0.750. The van der Waals surface area contributed by atoms with Crippen molar-refractivity contribution in [3.05, 3.63) is 36.3 Å². The molecule has 0 atom stereocenters. The van der Waals surface area contributed by atoms with Gasteiger partial charge in [-0.15, -0.1) is 0 Å². The second-order valence-corrected chi connectivity index (χ2v) is 5.77. The van der Waals surface area contributed by atoms with E-state index in [2.05, 4.69) is 16.1 Å². The monoisotopic (exact) mass is 378 g/mol. The molecule has 146 valence electrons. The van der Waals surface area contributed by atoms with Crippen molar-refractivity contribution in [2.24, 2.45) is 0 Å². The second kappa shape index (κ2) is 9.53. The number of ether oxygens (including phenoxy) is 1. The van der Waals surface area contributed by atoms with E-state index in [1.165, 1.54) is 0 Å². The second-order valence-electron chi connectivity index (χ2n) is 5.77. The Labute approximate surface area is 155 Å². The maximum Gasteiger partial charge on any atom is 0.414 e. The highest BCUT2D eigenvalue weighted by molar-refractivity contribution is 6.27. The molecule has 1 amide bonds. The molecule has 1 aliphatic heterocycles. The zero-order chi connectivity index (χ0) is 19.8. The number of aromatic nitrogens is 2. The van der Waals surface area contributed by atoms with Gasteiger partial charge < -0.3 is 24.3 Å². The molecule has 2 N–H and O–H groups in total. The number of rotatable bonds is 3. The summed E-state index contributed by atoms with van der Waals surface area (Å²) in [5, 5.41) is 14.8. The number of nitrogens with zero attached hydrogens (tertiary/aromatic N) is 4. The van der Waals surface area contributed by atoms with Crippen LogP contribution in [0, 0.1) is 0 Å². The molecule has 1 fully saturated rings. The van der Waals surface area contributed by atoms with Crippen LogP contribution in [0.25, 0.3) is 5.65 Å². The molecule has 2 aromatic rings. The van der Waals surface area contributed by atoms with E-state index in [0.29, 0.717) is 19.7 Å². The fourth-order valence-electron chi connectivity index (χ4n) is 2.60. The maximum atomic E-state index is 11.7. The van der Waals surface area contributed by atoms with E-state index in [-0.39, 0.29) is 6.09 Å². The van der Waals surface area contributed by atoms with Gasteiger partial charge in [0.2, 0.25) is 0 Å². The minimum absolute atomic E-state index is 0.204. The first kappa shape index (κ1) is 20.2. The van der Waals surface area contributed by atoms with Gasteiger partial charge in [0.1, 0.15) is 5.65 Å². The molecule has 3 rings (SSSR count). The van der Waals surface area contributed by atoms with Gasteiger partial charge in [-0.1, -0.05) is 6.07 Å². The highest BCUT2D eigenvalue weighted by Gasteiger charge is 2.22. The average molecular weight is 378 g/mol. The molecule has 10 heteroatoms. The van der Waals surface area contributed by atoms with Crippen LogP contribution in [-0.4, -0.2) is 80.2 Å². The fraction of sp³-hybridized carbons (Fsp3) is 0.412. The molecule has 0 aliphatic carbocycles. The number of piperazine rings is 1. The molecule has 1 aliphatic rings. The average Bonchev–Trinajstić information content (AvgIpc) is 3.05. The summed E-state index contributed by atoms with van der Waals surface area (Å²) in [6.07, 6.45) is 3.86. The van der Waals surface area contributed by atoms with Crippen molar-refractivity contribution in [1.82, 2.24) is 19.2 Å². The number of carboxylic acids is 2. The van der Waals surface area contributed by atoms with Crippen molar-refractivity contribution in [2.45, 2.75) is 13.5 Å². The normalized spacial score (nSPS) is 14.3. The number of pyridine rings is 1. The van der Waals surface area contributed by atoms with E-state index < -0.39 is 11.9 Å². The molecule has 3 heterocycles. The zero-order valence-electron chi connectivity index (χ0n) is 14.9. The van der Waals surface area contributed by atoms with Crippen molar-refractivity contribution >= 4 is 23.7 Å². The minimum atomic E-state index is -1.82. The van der Waals surface area contributed by atoms with Gasteiger partial charge >= 0.3 is 18.0 Å². The smallest absolute Gasteiger partial charge is 0.414 e. The number of hydrogen-bond donors (Lipinski definition) is 2. The number of imidazole rings is 1. The van der Waals surface area contributed by atoms with E-state index in [0.717, 1.165) is 31.0 Å². The lowest BCUT2D eigenvalue weighted by Crippen LogP contribution is -2.48. The molecule has 0 bridgehead atoms. The molecular formula is C17H22N4O6. The van der Waals surface area contributed by atoms with Crippen molar-refractivity contribution in [3.8, 4) is 0 Å². The van der Waals surface area contributed by atoms with Crippen molar-refractivity contribution in [3.63, 3.8) is 0 Å². The maximum absolute atomic E-state index is 11.7. The summed E-state index contributed by atoms with van der Waals surface area (Å²) in [6.45, 7) is 6.22. The first-order chi connectivity index (χ1) is 12.9. The Balaban J connectivity index is 0.000000380. The Hall–Kier alpha value is -3.14. The topological polar surface area (TPSA) is 125 Å². The molecule has 0 saturated carbocycles. The molecule has 27 heavy (non-hydrogen) atoms. The molecule has 2 aromatic heterocycles. The van der Waals surface area contributed by atoms with Crippen LogP contribution >= 0.6 is 0 Å². The third-order valence-corrected chi connectivity index (χ3v) is 3.88. The molecular weight excluding hydrogens is 356 g/mol. The van der Waals surface area contributed by atoms with E-state index in [1.54, 1.807) is 4.90 Å². The lowest BCUT2D eigenvalue weighted by Gasteiger charge is -2.33. The predicted octanol–water partition coefficient (Wildman–Crippen LogP) is 0.764. The number of fused-ring (bicyclic) bond motifs is 1.